The van der Waals surface area contributed by atoms with Gasteiger partial charge in [-0.05, 0) is 5.56 Å². The van der Waals surface area contributed by atoms with Crippen molar-refractivity contribution in [2.75, 3.05) is 13.1 Å². The lowest BCUT2D eigenvalue weighted by atomic mass is 10.2. The van der Waals surface area contributed by atoms with Gasteiger partial charge in [0.15, 0.2) is 0 Å². The summed E-state index contributed by atoms with van der Waals surface area (Å²) in [7, 11) is 0. The average molecular weight is 205 g/mol. The summed E-state index contributed by atoms with van der Waals surface area (Å²) in [6.07, 6.45) is 0. The van der Waals surface area contributed by atoms with E-state index in [2.05, 4.69) is 4.74 Å². The maximum atomic E-state index is 11.0. The molecule has 1 aromatic carbocycles. The number of benzene rings is 1. The molecule has 2 rings (SSSR count). The molecule has 4 heteroatoms. The van der Waals surface area contributed by atoms with Gasteiger partial charge in [-0.1, -0.05) is 30.3 Å². The van der Waals surface area contributed by atoms with Crippen LogP contribution in [-0.4, -0.2) is 29.9 Å². The second-order valence-corrected chi connectivity index (χ2v) is 3.48. The zero-order chi connectivity index (χ0) is 10.7. The van der Waals surface area contributed by atoms with Crippen LogP contribution < -0.4 is 0 Å². The van der Waals surface area contributed by atoms with E-state index in [1.807, 2.05) is 30.3 Å². The first kappa shape index (κ1) is 9.86. The monoisotopic (exact) mass is 205 g/mol. The number of morpholine rings is 1. The molecule has 0 atom stereocenters. The minimum absolute atomic E-state index is 0.181. The molecule has 78 valence electrons. The van der Waals surface area contributed by atoms with Gasteiger partial charge in [0.1, 0.15) is 0 Å². The van der Waals surface area contributed by atoms with Gasteiger partial charge in [0, 0.05) is 6.54 Å². The Morgan fingerprint density at radius 2 is 1.67 bits per heavy atom. The van der Waals surface area contributed by atoms with Crippen LogP contribution in [0.5, 0.6) is 0 Å². The summed E-state index contributed by atoms with van der Waals surface area (Å²) in [5.74, 6) is -0.940. The lowest BCUT2D eigenvalue weighted by Gasteiger charge is -2.23. The summed E-state index contributed by atoms with van der Waals surface area (Å²) in [5, 5.41) is 0. The average Bonchev–Trinajstić information content (AvgIpc) is 2.17. The van der Waals surface area contributed by atoms with Gasteiger partial charge in [-0.2, -0.15) is 0 Å². The molecule has 1 aliphatic heterocycles. The normalized spacial score (nSPS) is 17.6. The largest absolute Gasteiger partial charge is 0.391 e. The van der Waals surface area contributed by atoms with E-state index in [9.17, 15) is 9.59 Å². The number of carbonyl (C=O) groups excluding carboxylic acids is 2. The van der Waals surface area contributed by atoms with Crippen LogP contribution in [0.2, 0.25) is 0 Å². The van der Waals surface area contributed by atoms with Crippen molar-refractivity contribution in [3.63, 3.8) is 0 Å². The lowest BCUT2D eigenvalue weighted by Crippen LogP contribution is -2.42. The smallest absolute Gasteiger partial charge is 0.327 e. The highest BCUT2D eigenvalue weighted by Crippen LogP contribution is 2.07. The Hall–Kier alpha value is -1.68. The Bertz CT molecular complexity index is 359. The van der Waals surface area contributed by atoms with Crippen molar-refractivity contribution in [2.24, 2.45) is 0 Å². The van der Waals surface area contributed by atoms with E-state index in [4.69, 9.17) is 0 Å². The van der Waals surface area contributed by atoms with Gasteiger partial charge >= 0.3 is 11.9 Å². The molecular formula is C11H11NO3. The number of hydrogen-bond acceptors (Lipinski definition) is 4. The highest BCUT2D eigenvalue weighted by molar-refractivity contribution is 5.90. The third-order valence-corrected chi connectivity index (χ3v) is 2.18. The minimum Gasteiger partial charge on any atom is -0.391 e. The predicted molar refractivity (Wildman–Crippen MR) is 52.8 cm³/mol. The number of cyclic esters (lactones) is 2. The molecule has 1 saturated heterocycles. The van der Waals surface area contributed by atoms with Crippen LogP contribution in [0.15, 0.2) is 30.3 Å². The molecule has 0 saturated carbocycles. The first-order chi connectivity index (χ1) is 7.24. The number of hydrogen-bond donors (Lipinski definition) is 0. The number of ether oxygens (including phenoxy) is 1. The second-order valence-electron chi connectivity index (χ2n) is 3.48. The predicted octanol–water partition coefficient (Wildman–Crippen LogP) is 0.572. The molecule has 1 heterocycles. The van der Waals surface area contributed by atoms with Crippen molar-refractivity contribution in [3.05, 3.63) is 35.9 Å². The van der Waals surface area contributed by atoms with Crippen molar-refractivity contribution < 1.29 is 14.3 Å². The third kappa shape index (κ3) is 2.63. The molecular weight excluding hydrogens is 194 g/mol. The molecule has 0 aromatic heterocycles. The van der Waals surface area contributed by atoms with Gasteiger partial charge in [0.2, 0.25) is 0 Å². The van der Waals surface area contributed by atoms with Gasteiger partial charge in [-0.25, -0.2) is 0 Å². The Balaban J connectivity index is 2.00. The summed E-state index contributed by atoms with van der Waals surface area (Å²) in [6, 6.07) is 9.72. The van der Waals surface area contributed by atoms with Crippen molar-refractivity contribution in [1.82, 2.24) is 4.90 Å². The molecule has 4 nitrogen and oxygen atoms in total. The zero-order valence-electron chi connectivity index (χ0n) is 8.18. The van der Waals surface area contributed by atoms with Gasteiger partial charge in [0.25, 0.3) is 0 Å². The minimum atomic E-state index is -0.470. The van der Waals surface area contributed by atoms with Crippen LogP contribution in [0.3, 0.4) is 0 Å². The van der Waals surface area contributed by atoms with Gasteiger partial charge < -0.3 is 4.74 Å². The fourth-order valence-corrected chi connectivity index (χ4v) is 1.57. The molecule has 0 aliphatic carbocycles. The highest BCUT2D eigenvalue weighted by atomic mass is 16.6. The molecule has 1 aliphatic rings. The Kier molecular flexibility index (Phi) is 2.78. The number of nitrogens with zero attached hydrogens (tertiary/aromatic N) is 1. The summed E-state index contributed by atoms with van der Waals surface area (Å²) in [5.41, 5.74) is 1.08. The van der Waals surface area contributed by atoms with E-state index in [0.29, 0.717) is 6.54 Å². The Morgan fingerprint density at radius 3 is 2.27 bits per heavy atom. The van der Waals surface area contributed by atoms with Crippen LogP contribution in [0.25, 0.3) is 0 Å². The highest BCUT2D eigenvalue weighted by Gasteiger charge is 2.24. The van der Waals surface area contributed by atoms with Crippen LogP contribution in [-0.2, 0) is 20.9 Å². The molecule has 0 radical (unpaired) electrons. The van der Waals surface area contributed by atoms with Gasteiger partial charge in [0.05, 0.1) is 13.1 Å². The van der Waals surface area contributed by atoms with Crippen molar-refractivity contribution in [1.29, 1.82) is 0 Å². The maximum Gasteiger partial charge on any atom is 0.327 e. The summed E-state index contributed by atoms with van der Waals surface area (Å²) < 4.78 is 4.43. The number of carbonyl (C=O) groups is 2. The standard InChI is InChI=1S/C11H11NO3/c13-10-7-12(8-11(14)15-10)6-9-4-2-1-3-5-9/h1-5H,6-8H2. The van der Waals surface area contributed by atoms with Crippen LogP contribution >= 0.6 is 0 Å². The Morgan fingerprint density at radius 1 is 1.07 bits per heavy atom. The van der Waals surface area contributed by atoms with Crippen molar-refractivity contribution in [3.8, 4) is 0 Å². The van der Waals surface area contributed by atoms with E-state index in [1.54, 1.807) is 4.90 Å². The van der Waals surface area contributed by atoms with Gasteiger partial charge in [-0.15, -0.1) is 0 Å². The summed E-state index contributed by atoms with van der Waals surface area (Å²) in [4.78, 5) is 23.7. The van der Waals surface area contributed by atoms with E-state index in [1.165, 1.54) is 0 Å². The van der Waals surface area contributed by atoms with Crippen LogP contribution in [0.1, 0.15) is 5.56 Å². The van der Waals surface area contributed by atoms with E-state index < -0.39 is 11.9 Å². The molecule has 0 unspecified atom stereocenters. The lowest BCUT2D eigenvalue weighted by molar-refractivity contribution is -0.167. The molecule has 0 spiro atoms. The van der Waals surface area contributed by atoms with Crippen molar-refractivity contribution >= 4 is 11.9 Å². The number of rotatable bonds is 2. The van der Waals surface area contributed by atoms with E-state index in [0.717, 1.165) is 5.56 Å². The SMILES string of the molecule is O=C1CN(Cc2ccccc2)CC(=O)O1. The fraction of sp³-hybridized carbons (Fsp3) is 0.273. The van der Waals surface area contributed by atoms with Crippen molar-refractivity contribution in [2.45, 2.75) is 6.54 Å². The molecule has 0 amide bonds. The second kappa shape index (κ2) is 4.23. The topological polar surface area (TPSA) is 46.6 Å². The molecule has 0 bridgehead atoms. The molecule has 1 fully saturated rings. The first-order valence-corrected chi connectivity index (χ1v) is 4.74. The maximum absolute atomic E-state index is 11.0. The molecule has 0 N–H and O–H groups in total. The number of esters is 2. The fourth-order valence-electron chi connectivity index (χ4n) is 1.57. The summed E-state index contributed by atoms with van der Waals surface area (Å²) >= 11 is 0. The van der Waals surface area contributed by atoms with E-state index in [-0.39, 0.29) is 13.1 Å². The first-order valence-electron chi connectivity index (χ1n) is 4.74. The zero-order valence-corrected chi connectivity index (χ0v) is 8.18. The van der Waals surface area contributed by atoms with E-state index >= 15 is 0 Å². The third-order valence-electron chi connectivity index (χ3n) is 2.18. The quantitative estimate of drug-likeness (QED) is 0.523. The molecule has 15 heavy (non-hydrogen) atoms. The summed E-state index contributed by atoms with van der Waals surface area (Å²) in [6.45, 7) is 0.961. The van der Waals surface area contributed by atoms with Crippen LogP contribution in [0, 0.1) is 0 Å². The van der Waals surface area contributed by atoms with Gasteiger partial charge in [-0.3, -0.25) is 14.5 Å². The van der Waals surface area contributed by atoms with Crippen LogP contribution in [0.4, 0.5) is 0 Å². The molecule has 1 aromatic rings. The Labute approximate surface area is 87.4 Å².